The zero-order chi connectivity index (χ0) is 40.7. The summed E-state index contributed by atoms with van der Waals surface area (Å²) in [5.74, 6) is -2.64. The lowest BCUT2D eigenvalue weighted by Crippen LogP contribution is -2.34. The summed E-state index contributed by atoms with van der Waals surface area (Å²) < 4.78 is 84.7. The number of anilines is 1. The molecule has 1 heterocycles. The summed E-state index contributed by atoms with van der Waals surface area (Å²) in [7, 11) is -3.35. The molecule has 0 N–H and O–H groups in total. The van der Waals surface area contributed by atoms with Gasteiger partial charge in [0.2, 0.25) is 10.9 Å². The fourth-order valence-corrected chi connectivity index (χ4v) is 6.42. The molecule has 1 aromatic heterocycles. The number of pyridine rings is 1. The lowest BCUT2D eigenvalue weighted by molar-refractivity contribution is -0.605. The first-order chi connectivity index (χ1) is 26.4. The van der Waals surface area contributed by atoms with Crippen molar-refractivity contribution in [2.75, 3.05) is 30.7 Å². The maximum atomic E-state index is 13.3. The summed E-state index contributed by atoms with van der Waals surface area (Å²) in [4.78, 5) is 39.0. The normalized spacial score (nSPS) is 14.6. The van der Waals surface area contributed by atoms with Gasteiger partial charge in [0.05, 0.1) is 24.5 Å². The Hall–Kier alpha value is -4.61. The number of rotatable bonds is 19. The summed E-state index contributed by atoms with van der Waals surface area (Å²) in [6, 6.07) is 7.72. The molecule has 0 radical (unpaired) electrons. The fourth-order valence-electron chi connectivity index (χ4n) is 5.25. The molecule has 2 aliphatic carbocycles. The van der Waals surface area contributed by atoms with Crippen molar-refractivity contribution in [2.24, 2.45) is 11.8 Å². The number of nitrogens with zero attached hydrogens (tertiary/aromatic N) is 2. The van der Waals surface area contributed by atoms with Gasteiger partial charge in [-0.3, -0.25) is 9.10 Å². The van der Waals surface area contributed by atoms with Crippen LogP contribution < -0.4 is 23.2 Å². The zero-order valence-corrected chi connectivity index (χ0v) is 33.0. The maximum absolute atomic E-state index is 13.3. The van der Waals surface area contributed by atoms with Crippen LogP contribution in [0, 0.1) is 17.0 Å². The van der Waals surface area contributed by atoms with E-state index in [1.165, 1.54) is 36.4 Å². The van der Waals surface area contributed by atoms with E-state index in [1.54, 1.807) is 20.8 Å². The van der Waals surface area contributed by atoms with E-state index in [4.69, 9.17) is 46.9 Å². The molecule has 19 heteroatoms. The predicted octanol–water partition coefficient (Wildman–Crippen LogP) is 6.16. The van der Waals surface area contributed by atoms with Crippen molar-refractivity contribution >= 4 is 57.7 Å². The highest BCUT2D eigenvalue weighted by molar-refractivity contribution is 7.74. The smallest absolute Gasteiger partial charge is 0.387 e. The highest BCUT2D eigenvalue weighted by Crippen LogP contribution is 2.38. The van der Waals surface area contributed by atoms with Crippen LogP contribution in [-0.2, 0) is 41.1 Å². The molecule has 0 saturated heterocycles. The maximum Gasteiger partial charge on any atom is 0.387 e. The molecule has 1 unspecified atom stereocenters. The molecule has 2 aromatic carbocycles. The lowest BCUT2D eigenvalue weighted by Gasteiger charge is -2.24. The minimum absolute atomic E-state index is 0.0161. The SMILES string of the molecule is CC(C)(C)OC(=O)CN(c1ccc(C(=O)OCC(=O)OC(Cc2c(Cl)c[n+]([O-])cc2Cl)c2ccc(OC(F)F)c(OCC3CC3)c2)cc1OCC1CC1)[SH](=O)=O. The Morgan fingerprint density at radius 2 is 1.54 bits per heavy atom. The number of carbonyl (C=O) groups is 3. The molecule has 0 aliphatic heterocycles. The van der Waals surface area contributed by atoms with Gasteiger partial charge in [-0.2, -0.15) is 13.5 Å². The van der Waals surface area contributed by atoms with Crippen LogP contribution in [0.2, 0.25) is 10.0 Å². The summed E-state index contributed by atoms with van der Waals surface area (Å²) >= 11 is 12.6. The van der Waals surface area contributed by atoms with E-state index in [1.807, 2.05) is 0 Å². The number of benzene rings is 2. The van der Waals surface area contributed by atoms with Crippen molar-refractivity contribution in [1.29, 1.82) is 0 Å². The topological polar surface area (TPSA) is 171 Å². The quantitative estimate of drug-likeness (QED) is 0.0480. The first-order valence-electron chi connectivity index (χ1n) is 17.5. The second-order valence-corrected chi connectivity index (χ2v) is 16.0. The van der Waals surface area contributed by atoms with E-state index in [9.17, 15) is 36.8 Å². The van der Waals surface area contributed by atoms with Crippen LogP contribution in [0.25, 0.3) is 0 Å². The van der Waals surface area contributed by atoms with Gasteiger partial charge >= 0.3 is 24.5 Å². The molecule has 2 saturated carbocycles. The third-order valence-electron chi connectivity index (χ3n) is 8.31. The number of carbonyl (C=O) groups excluding carboxylic acids is 3. The Balaban J connectivity index is 1.35. The summed E-state index contributed by atoms with van der Waals surface area (Å²) in [6.07, 6.45) is 4.33. The third kappa shape index (κ3) is 12.7. The molecule has 56 heavy (non-hydrogen) atoms. The van der Waals surface area contributed by atoms with Gasteiger partial charge in [-0.05, 0) is 94.2 Å². The summed E-state index contributed by atoms with van der Waals surface area (Å²) in [5.41, 5.74) is -0.518. The van der Waals surface area contributed by atoms with Crippen LogP contribution in [0.15, 0.2) is 48.8 Å². The highest BCUT2D eigenvalue weighted by atomic mass is 35.5. The first-order valence-corrected chi connectivity index (χ1v) is 19.4. The summed E-state index contributed by atoms with van der Waals surface area (Å²) in [5, 5.41) is 11.8. The number of hydrogen-bond acceptors (Lipinski definition) is 12. The monoisotopic (exact) mass is 844 g/mol. The van der Waals surface area contributed by atoms with Crippen LogP contribution in [-0.4, -0.2) is 64.9 Å². The minimum Gasteiger partial charge on any atom is -0.619 e. The van der Waals surface area contributed by atoms with Gasteiger partial charge < -0.3 is 33.6 Å². The van der Waals surface area contributed by atoms with Crippen molar-refractivity contribution in [2.45, 2.75) is 71.2 Å². The van der Waals surface area contributed by atoms with Gasteiger partial charge in [0.25, 0.3) is 0 Å². The number of hydrogen-bond donors (Lipinski definition) is 1. The molecule has 1 atom stereocenters. The van der Waals surface area contributed by atoms with Crippen molar-refractivity contribution in [3.63, 3.8) is 0 Å². The first kappa shape index (κ1) is 42.5. The molecule has 0 bridgehead atoms. The Morgan fingerprint density at radius 3 is 2.11 bits per heavy atom. The largest absolute Gasteiger partial charge is 0.619 e. The van der Waals surface area contributed by atoms with E-state index in [0.29, 0.717) is 4.73 Å². The molecular weight excluding hydrogens is 805 g/mol. The lowest BCUT2D eigenvalue weighted by atomic mass is 10.0. The second kappa shape index (κ2) is 18.6. The number of halogens is 4. The number of aromatic nitrogens is 1. The van der Waals surface area contributed by atoms with Crippen LogP contribution in [0.4, 0.5) is 14.5 Å². The van der Waals surface area contributed by atoms with Gasteiger partial charge in [-0.1, -0.05) is 29.3 Å². The molecule has 0 spiro atoms. The van der Waals surface area contributed by atoms with Crippen LogP contribution >= 0.6 is 23.2 Å². The van der Waals surface area contributed by atoms with E-state index < -0.39 is 60.3 Å². The number of esters is 3. The van der Waals surface area contributed by atoms with Gasteiger partial charge in [0, 0.05) is 12.0 Å². The molecule has 304 valence electrons. The van der Waals surface area contributed by atoms with Crippen molar-refractivity contribution < 1.29 is 64.7 Å². The molecule has 14 nitrogen and oxygen atoms in total. The van der Waals surface area contributed by atoms with E-state index in [-0.39, 0.29) is 81.1 Å². The Labute approximate surface area is 333 Å². The standard InChI is InChI=1S/C37H40Cl2F2N2O12S/c1-37(2,3)55-33(44)17-43(56(48)49)28-10-8-24(13-31(28)50-18-21-4-5-21)35(46)52-20-34(45)53-30(14-25-26(38)15-42(47)16-27(25)39)23-9-11-29(54-36(40)41)32(12-23)51-19-22-6-7-22/h8-13,15-16,21-22,30,36,56H,4-7,14,17-20H2,1-3H3. The van der Waals surface area contributed by atoms with E-state index in [0.717, 1.165) is 42.4 Å². The Bertz CT molecular complexity index is 1970. The molecule has 0 amide bonds. The van der Waals surface area contributed by atoms with E-state index in [2.05, 4.69) is 4.74 Å². The molecule has 5 rings (SSSR count). The number of alkyl halides is 2. The van der Waals surface area contributed by atoms with E-state index >= 15 is 0 Å². The van der Waals surface area contributed by atoms with Gasteiger partial charge in [-0.15, -0.1) is 0 Å². The van der Waals surface area contributed by atoms with Crippen LogP contribution in [0.5, 0.6) is 17.2 Å². The molecule has 2 aliphatic rings. The Morgan fingerprint density at radius 1 is 0.911 bits per heavy atom. The van der Waals surface area contributed by atoms with Crippen LogP contribution in [0.1, 0.15) is 74.0 Å². The molecule has 3 aromatic rings. The zero-order valence-electron chi connectivity index (χ0n) is 30.5. The van der Waals surface area contributed by atoms with Crippen molar-refractivity contribution in [3.05, 3.63) is 80.7 Å². The summed E-state index contributed by atoms with van der Waals surface area (Å²) in [6.45, 7) is 0.684. The average molecular weight is 846 g/mol. The second-order valence-electron chi connectivity index (χ2n) is 14.2. The molecular formula is C37H40Cl2F2N2O12S. The molecule has 2 fully saturated rings. The van der Waals surface area contributed by atoms with Gasteiger partial charge in [0.15, 0.2) is 30.5 Å². The number of ether oxygens (including phenoxy) is 6. The number of thiol groups is 1. The third-order valence-corrected chi connectivity index (χ3v) is 9.71. The van der Waals surface area contributed by atoms with Crippen LogP contribution in [0.3, 0.4) is 0 Å². The van der Waals surface area contributed by atoms with Gasteiger partial charge in [0.1, 0.15) is 34.0 Å². The predicted molar refractivity (Wildman–Crippen MR) is 198 cm³/mol. The van der Waals surface area contributed by atoms with Crippen molar-refractivity contribution in [1.82, 2.24) is 0 Å². The Kier molecular flexibility index (Phi) is 14.1. The average Bonchev–Trinajstić information content (AvgIpc) is 4.04. The minimum atomic E-state index is -3.35. The van der Waals surface area contributed by atoms with Crippen molar-refractivity contribution in [3.8, 4) is 17.2 Å². The fraction of sp³-hybridized carbons (Fsp3) is 0.459. The highest BCUT2D eigenvalue weighted by Gasteiger charge is 2.29. The van der Waals surface area contributed by atoms with Gasteiger partial charge in [-0.25, -0.2) is 18.0 Å².